The van der Waals surface area contributed by atoms with Crippen molar-refractivity contribution in [1.29, 1.82) is 0 Å². The third-order valence-corrected chi connectivity index (χ3v) is 11.3. The molecule has 3 atom stereocenters. The number of aliphatic hydroxyl groups excluding tert-OH is 1. The average molecular weight is 803 g/mol. The van der Waals surface area contributed by atoms with Gasteiger partial charge in [-0.1, -0.05) is 49.6 Å². The van der Waals surface area contributed by atoms with Gasteiger partial charge in [0.05, 0.1) is 37.4 Å². The van der Waals surface area contributed by atoms with E-state index in [-0.39, 0.29) is 23.2 Å². The zero-order valence-electron chi connectivity index (χ0n) is 27.6. The lowest BCUT2D eigenvalue weighted by molar-refractivity contribution is 0.127. The molecule has 3 aliphatic heterocycles. The fourth-order valence-corrected chi connectivity index (χ4v) is 6.29. The number of halogens is 2. The Bertz CT molecular complexity index is 1470. The topological polar surface area (TPSA) is 121 Å². The van der Waals surface area contributed by atoms with E-state index in [0.717, 1.165) is 57.4 Å². The van der Waals surface area contributed by atoms with E-state index in [0.29, 0.717) is 38.6 Å². The molecule has 2 N–H and O–H groups in total. The van der Waals surface area contributed by atoms with Gasteiger partial charge in [-0.3, -0.25) is 4.18 Å². The summed E-state index contributed by atoms with van der Waals surface area (Å²) in [5, 5.41) is 17.7. The van der Waals surface area contributed by atoms with E-state index in [4.69, 9.17) is 33.3 Å². The van der Waals surface area contributed by atoms with Crippen LogP contribution in [0, 0.1) is 34.6 Å². The molecule has 260 valence electrons. The fourth-order valence-electron chi connectivity index (χ4n) is 4.75. The molecular formula is C35H46Br2O9S. The molecule has 3 aromatic rings. The van der Waals surface area contributed by atoms with Crippen LogP contribution < -0.4 is 4.74 Å². The van der Waals surface area contributed by atoms with Crippen LogP contribution in [-0.4, -0.2) is 76.6 Å². The van der Waals surface area contributed by atoms with Gasteiger partial charge < -0.3 is 29.2 Å². The maximum Gasteiger partial charge on any atom is 0.297 e. The number of benzene rings is 3. The standard InChI is InChI=1S/C12H15BrO2.C11H14O4S.C8H9BrO.C4H8O2/c1-8-5-11(6-9(2)12(8)13)15-10-3-4-14-7-10;1-9-2-4-11(5-3-9)16(12,13)15-10-6-7-14-8-10;1-5-3-7(10)4-6(2)8(5)9;5-4-1-2-6-3-4/h5-6,10H,3-4,7H2,1-2H3;2-5,10H,6-8H2,1H3;3-4,10H,1-2H3;4-5H,1-3H2/t2*10-;;4-/m01.1/s1. The van der Waals surface area contributed by atoms with E-state index >= 15 is 0 Å². The first-order valence-corrected chi connectivity index (χ1v) is 18.5. The van der Waals surface area contributed by atoms with Gasteiger partial charge in [0.2, 0.25) is 0 Å². The summed E-state index contributed by atoms with van der Waals surface area (Å²) in [6.45, 7) is 13.7. The summed E-state index contributed by atoms with van der Waals surface area (Å²) >= 11 is 6.95. The summed E-state index contributed by atoms with van der Waals surface area (Å²) in [5.41, 5.74) is 5.57. The van der Waals surface area contributed by atoms with Crippen molar-refractivity contribution in [2.45, 2.75) is 77.1 Å². The Hall–Kier alpha value is -2.03. The van der Waals surface area contributed by atoms with Gasteiger partial charge in [-0.05, 0) is 99.7 Å². The number of aromatic hydroxyl groups is 1. The minimum atomic E-state index is -3.64. The second-order valence-electron chi connectivity index (χ2n) is 11.7. The zero-order valence-corrected chi connectivity index (χ0v) is 31.6. The Morgan fingerprint density at radius 3 is 1.60 bits per heavy atom. The highest BCUT2D eigenvalue weighted by Crippen LogP contribution is 2.28. The van der Waals surface area contributed by atoms with Crippen molar-refractivity contribution in [2.75, 3.05) is 39.6 Å². The van der Waals surface area contributed by atoms with Crippen molar-refractivity contribution in [2.24, 2.45) is 0 Å². The highest BCUT2D eigenvalue weighted by molar-refractivity contribution is 9.10. The van der Waals surface area contributed by atoms with E-state index in [9.17, 15) is 8.42 Å². The molecule has 3 aliphatic rings. The summed E-state index contributed by atoms with van der Waals surface area (Å²) in [5.74, 6) is 1.28. The first kappa shape index (κ1) is 39.4. The fraction of sp³-hybridized carbons (Fsp3) is 0.486. The normalized spacial score (nSPS) is 20.3. The molecule has 3 heterocycles. The molecule has 47 heavy (non-hydrogen) atoms. The van der Waals surface area contributed by atoms with Crippen molar-refractivity contribution in [3.63, 3.8) is 0 Å². The van der Waals surface area contributed by atoms with Crippen LogP contribution in [0.5, 0.6) is 11.5 Å². The van der Waals surface area contributed by atoms with Crippen molar-refractivity contribution in [3.05, 3.63) is 85.3 Å². The van der Waals surface area contributed by atoms with Crippen LogP contribution in [0.1, 0.15) is 47.1 Å². The van der Waals surface area contributed by atoms with Crippen LogP contribution in [0.25, 0.3) is 0 Å². The Kier molecular flexibility index (Phi) is 16.1. The Morgan fingerprint density at radius 1 is 0.702 bits per heavy atom. The number of aryl methyl sites for hydroxylation is 5. The van der Waals surface area contributed by atoms with Gasteiger partial charge in [0.25, 0.3) is 10.1 Å². The monoisotopic (exact) mass is 800 g/mol. The average Bonchev–Trinajstić information content (AvgIpc) is 3.81. The van der Waals surface area contributed by atoms with Crippen LogP contribution >= 0.6 is 31.9 Å². The first-order chi connectivity index (χ1) is 22.2. The highest BCUT2D eigenvalue weighted by atomic mass is 79.9. The predicted octanol–water partition coefficient (Wildman–Crippen LogP) is 7.26. The van der Waals surface area contributed by atoms with Crippen molar-refractivity contribution in [3.8, 4) is 11.5 Å². The molecule has 3 saturated heterocycles. The van der Waals surface area contributed by atoms with Gasteiger partial charge >= 0.3 is 0 Å². The van der Waals surface area contributed by atoms with Crippen molar-refractivity contribution < 1.29 is 41.8 Å². The van der Waals surface area contributed by atoms with Crippen LogP contribution in [0.3, 0.4) is 0 Å². The Balaban J connectivity index is 0.000000179. The lowest BCUT2D eigenvalue weighted by atomic mass is 10.1. The third-order valence-electron chi connectivity index (χ3n) is 7.39. The summed E-state index contributed by atoms with van der Waals surface area (Å²) in [6, 6.07) is 14.2. The number of aliphatic hydroxyl groups is 1. The smallest absolute Gasteiger partial charge is 0.297 e. The van der Waals surface area contributed by atoms with Gasteiger partial charge in [-0.2, -0.15) is 8.42 Å². The number of hydrogen-bond acceptors (Lipinski definition) is 9. The van der Waals surface area contributed by atoms with E-state index in [1.807, 2.05) is 20.8 Å². The van der Waals surface area contributed by atoms with Crippen LogP contribution in [0.2, 0.25) is 0 Å². The SMILES string of the molecule is Cc1cc(O)cc(C)c1Br.Cc1cc(O[C@H]2CCOC2)cc(C)c1Br.Cc1ccc(S(=O)(=O)O[C@@H]2CCOC2)cc1.O[C@@H]1CCOC1. The second kappa shape index (κ2) is 19.2. The van der Waals surface area contributed by atoms with Crippen LogP contribution in [-0.2, 0) is 28.5 Å². The summed E-state index contributed by atoms with van der Waals surface area (Å²) < 4.78 is 52.0. The number of phenols is 1. The minimum absolute atomic E-state index is 0.176. The summed E-state index contributed by atoms with van der Waals surface area (Å²) in [4.78, 5) is 0.199. The molecule has 0 aliphatic carbocycles. The first-order valence-electron chi connectivity index (χ1n) is 15.6. The molecule has 0 unspecified atom stereocenters. The van der Waals surface area contributed by atoms with Gasteiger partial charge in [-0.15, -0.1) is 0 Å². The van der Waals surface area contributed by atoms with E-state index < -0.39 is 10.1 Å². The lowest BCUT2D eigenvalue weighted by Gasteiger charge is -2.14. The molecule has 12 heteroatoms. The van der Waals surface area contributed by atoms with Crippen LogP contribution in [0.15, 0.2) is 62.4 Å². The molecule has 3 fully saturated rings. The number of hydrogen-bond donors (Lipinski definition) is 2. The quantitative estimate of drug-likeness (QED) is 0.257. The minimum Gasteiger partial charge on any atom is -0.508 e. The molecule has 3 aromatic carbocycles. The maximum atomic E-state index is 11.8. The number of phenolic OH excluding ortho intramolecular Hbond substituents is 1. The molecule has 0 spiro atoms. The second-order valence-corrected chi connectivity index (χ2v) is 14.9. The van der Waals surface area contributed by atoms with Gasteiger partial charge in [-0.25, -0.2) is 0 Å². The number of rotatable bonds is 5. The molecule has 0 bridgehead atoms. The summed E-state index contributed by atoms with van der Waals surface area (Å²) in [7, 11) is -3.64. The maximum absolute atomic E-state index is 11.8. The van der Waals surface area contributed by atoms with E-state index in [1.54, 1.807) is 36.4 Å². The Labute approximate surface area is 295 Å². The highest BCUT2D eigenvalue weighted by Gasteiger charge is 2.25. The van der Waals surface area contributed by atoms with Gasteiger partial charge in [0, 0.05) is 35.0 Å². The van der Waals surface area contributed by atoms with Gasteiger partial charge in [0.15, 0.2) is 0 Å². The molecule has 0 radical (unpaired) electrons. The third kappa shape index (κ3) is 13.4. The molecule has 0 saturated carbocycles. The molecule has 9 nitrogen and oxygen atoms in total. The predicted molar refractivity (Wildman–Crippen MR) is 189 cm³/mol. The number of ether oxygens (including phenoxy) is 4. The molecule has 0 amide bonds. The molecule has 6 rings (SSSR count). The van der Waals surface area contributed by atoms with E-state index in [1.165, 1.54) is 11.1 Å². The van der Waals surface area contributed by atoms with Gasteiger partial charge in [0.1, 0.15) is 23.7 Å². The molecular weight excluding hydrogens is 756 g/mol. The largest absolute Gasteiger partial charge is 0.508 e. The van der Waals surface area contributed by atoms with E-state index in [2.05, 4.69) is 57.8 Å². The van der Waals surface area contributed by atoms with Crippen LogP contribution in [0.4, 0.5) is 0 Å². The Morgan fingerprint density at radius 2 is 1.17 bits per heavy atom. The van der Waals surface area contributed by atoms with Crippen molar-refractivity contribution in [1.82, 2.24) is 0 Å². The molecule has 0 aromatic heterocycles. The lowest BCUT2D eigenvalue weighted by Crippen LogP contribution is -2.18. The summed E-state index contributed by atoms with van der Waals surface area (Å²) in [6.07, 6.45) is 2.15. The zero-order chi connectivity index (χ0) is 34.6. The van der Waals surface area contributed by atoms with Crippen molar-refractivity contribution >= 4 is 42.0 Å².